The monoisotopic (exact) mass is 336 g/mol. The maximum absolute atomic E-state index is 12.8. The van der Waals surface area contributed by atoms with Crippen LogP contribution in [0, 0.1) is 6.92 Å². The third-order valence-electron chi connectivity index (χ3n) is 4.10. The molecule has 7 nitrogen and oxygen atoms in total. The van der Waals surface area contributed by atoms with Crippen molar-refractivity contribution in [2.45, 2.75) is 13.8 Å². The van der Waals surface area contributed by atoms with Crippen LogP contribution in [0.15, 0.2) is 12.1 Å². The quantitative estimate of drug-likeness (QED) is 0.840. The molecule has 1 heterocycles. The molecule has 2 amide bonds. The third kappa shape index (κ3) is 3.55. The minimum atomic E-state index is -0.331. The Morgan fingerprint density at radius 1 is 1.04 bits per heavy atom. The fourth-order valence-corrected chi connectivity index (χ4v) is 2.80. The minimum Gasteiger partial charge on any atom is -0.496 e. The van der Waals surface area contributed by atoms with Crippen LogP contribution in [0.1, 0.15) is 22.8 Å². The van der Waals surface area contributed by atoms with Gasteiger partial charge in [-0.15, -0.1) is 0 Å². The highest BCUT2D eigenvalue weighted by molar-refractivity contribution is 5.98. The lowest BCUT2D eigenvalue weighted by Gasteiger charge is -2.34. The first-order valence-corrected chi connectivity index (χ1v) is 7.96. The second-order valence-electron chi connectivity index (χ2n) is 5.45. The number of piperazine rings is 1. The lowest BCUT2D eigenvalue weighted by Crippen LogP contribution is -2.50. The molecule has 0 bridgehead atoms. The van der Waals surface area contributed by atoms with Gasteiger partial charge in [0.15, 0.2) is 0 Å². The predicted molar refractivity (Wildman–Crippen MR) is 88.8 cm³/mol. The molecule has 0 unspecified atom stereocenters. The number of nitrogens with zero attached hydrogens (tertiary/aromatic N) is 2. The molecule has 1 aromatic rings. The van der Waals surface area contributed by atoms with Gasteiger partial charge in [-0.3, -0.25) is 4.79 Å². The molecule has 7 heteroatoms. The van der Waals surface area contributed by atoms with Gasteiger partial charge in [-0.1, -0.05) is 0 Å². The van der Waals surface area contributed by atoms with Crippen molar-refractivity contribution in [3.05, 3.63) is 23.3 Å². The first kappa shape index (κ1) is 17.9. The Hall–Kier alpha value is -2.44. The van der Waals surface area contributed by atoms with Gasteiger partial charge in [0.25, 0.3) is 5.91 Å². The van der Waals surface area contributed by atoms with Crippen molar-refractivity contribution in [2.24, 2.45) is 0 Å². The largest absolute Gasteiger partial charge is 0.496 e. The molecule has 0 atom stereocenters. The Balaban J connectivity index is 2.11. The zero-order valence-corrected chi connectivity index (χ0v) is 14.6. The van der Waals surface area contributed by atoms with Gasteiger partial charge in [0, 0.05) is 31.7 Å². The highest BCUT2D eigenvalue weighted by atomic mass is 16.6. The topological polar surface area (TPSA) is 68.3 Å². The smallest absolute Gasteiger partial charge is 0.409 e. The molecule has 0 aromatic heterocycles. The minimum absolute atomic E-state index is 0.110. The number of ether oxygens (including phenoxy) is 3. The van der Waals surface area contributed by atoms with E-state index in [2.05, 4.69) is 0 Å². The van der Waals surface area contributed by atoms with E-state index < -0.39 is 0 Å². The van der Waals surface area contributed by atoms with Crippen molar-refractivity contribution >= 4 is 12.0 Å². The van der Waals surface area contributed by atoms with Crippen molar-refractivity contribution in [1.29, 1.82) is 0 Å². The number of carbonyl (C=O) groups is 2. The average molecular weight is 336 g/mol. The molecule has 0 aliphatic carbocycles. The molecular weight excluding hydrogens is 312 g/mol. The van der Waals surface area contributed by atoms with E-state index in [1.807, 2.05) is 6.92 Å². The van der Waals surface area contributed by atoms with Crippen molar-refractivity contribution in [3.8, 4) is 11.5 Å². The molecule has 1 fully saturated rings. The average Bonchev–Trinajstić information content (AvgIpc) is 2.61. The zero-order chi connectivity index (χ0) is 17.7. The second kappa shape index (κ2) is 7.90. The molecule has 2 rings (SSSR count). The lowest BCUT2D eigenvalue weighted by atomic mass is 10.1. The van der Waals surface area contributed by atoms with Crippen LogP contribution in [0.5, 0.6) is 11.5 Å². The van der Waals surface area contributed by atoms with Crippen LogP contribution in [0.25, 0.3) is 0 Å². The Bertz CT molecular complexity index is 609. The number of hydrogen-bond donors (Lipinski definition) is 0. The van der Waals surface area contributed by atoms with Crippen LogP contribution in [0.3, 0.4) is 0 Å². The Morgan fingerprint density at radius 2 is 1.67 bits per heavy atom. The van der Waals surface area contributed by atoms with Crippen LogP contribution in [0.4, 0.5) is 4.79 Å². The van der Waals surface area contributed by atoms with E-state index in [1.54, 1.807) is 36.0 Å². The van der Waals surface area contributed by atoms with Crippen LogP contribution in [0.2, 0.25) is 0 Å². The van der Waals surface area contributed by atoms with Gasteiger partial charge in [0.2, 0.25) is 0 Å². The van der Waals surface area contributed by atoms with Crippen molar-refractivity contribution in [2.75, 3.05) is 47.0 Å². The number of rotatable bonds is 4. The van der Waals surface area contributed by atoms with Crippen molar-refractivity contribution < 1.29 is 23.8 Å². The van der Waals surface area contributed by atoms with Crippen molar-refractivity contribution in [1.82, 2.24) is 9.80 Å². The van der Waals surface area contributed by atoms with Gasteiger partial charge in [0.1, 0.15) is 11.5 Å². The van der Waals surface area contributed by atoms with Gasteiger partial charge in [-0.05, 0) is 26.0 Å². The van der Waals surface area contributed by atoms with Crippen LogP contribution < -0.4 is 9.47 Å². The molecule has 0 saturated carbocycles. The molecule has 1 aliphatic rings. The predicted octanol–water partition coefficient (Wildman–Crippen LogP) is 1.93. The molecule has 1 aliphatic heterocycles. The fourth-order valence-electron chi connectivity index (χ4n) is 2.80. The molecular formula is C17H24N2O5. The van der Waals surface area contributed by atoms with Gasteiger partial charge >= 0.3 is 6.09 Å². The molecule has 0 spiro atoms. The summed E-state index contributed by atoms with van der Waals surface area (Å²) >= 11 is 0. The van der Waals surface area contributed by atoms with E-state index >= 15 is 0 Å². The van der Waals surface area contributed by atoms with E-state index in [0.29, 0.717) is 49.8 Å². The lowest BCUT2D eigenvalue weighted by molar-refractivity contribution is 0.0567. The Labute approximate surface area is 142 Å². The van der Waals surface area contributed by atoms with Crippen LogP contribution in [-0.4, -0.2) is 68.8 Å². The molecule has 0 radical (unpaired) electrons. The van der Waals surface area contributed by atoms with E-state index in [9.17, 15) is 9.59 Å². The number of hydrogen-bond acceptors (Lipinski definition) is 5. The SMILES string of the molecule is CCOC(=O)N1CCN(C(=O)c2ccc(OC)c(C)c2OC)CC1. The normalized spacial score (nSPS) is 14.3. The summed E-state index contributed by atoms with van der Waals surface area (Å²) in [7, 11) is 3.12. The highest BCUT2D eigenvalue weighted by Crippen LogP contribution is 2.32. The fraction of sp³-hybridized carbons (Fsp3) is 0.529. The molecule has 132 valence electrons. The van der Waals surface area contributed by atoms with E-state index in [-0.39, 0.29) is 12.0 Å². The number of carbonyl (C=O) groups excluding carboxylic acids is 2. The van der Waals surface area contributed by atoms with E-state index in [0.717, 1.165) is 5.56 Å². The number of methoxy groups -OCH3 is 2. The molecule has 1 saturated heterocycles. The maximum Gasteiger partial charge on any atom is 0.409 e. The van der Waals surface area contributed by atoms with Crippen LogP contribution >= 0.6 is 0 Å². The zero-order valence-electron chi connectivity index (χ0n) is 14.6. The maximum atomic E-state index is 12.8. The van der Waals surface area contributed by atoms with Crippen LogP contribution in [-0.2, 0) is 4.74 Å². The first-order chi connectivity index (χ1) is 11.5. The standard InChI is InChI=1S/C17H24N2O5/c1-5-24-17(21)19-10-8-18(9-11-19)16(20)13-6-7-14(22-3)12(2)15(13)23-4/h6-7H,5,8-11H2,1-4H3. The summed E-state index contributed by atoms with van der Waals surface area (Å²) in [6, 6.07) is 3.48. The summed E-state index contributed by atoms with van der Waals surface area (Å²) in [6.07, 6.45) is -0.331. The summed E-state index contributed by atoms with van der Waals surface area (Å²) in [5.41, 5.74) is 1.29. The number of amides is 2. The van der Waals surface area contributed by atoms with Gasteiger partial charge in [0.05, 0.1) is 26.4 Å². The summed E-state index contributed by atoms with van der Waals surface area (Å²) in [5.74, 6) is 1.09. The summed E-state index contributed by atoms with van der Waals surface area (Å²) in [4.78, 5) is 27.9. The Kier molecular flexibility index (Phi) is 5.89. The third-order valence-corrected chi connectivity index (χ3v) is 4.10. The van der Waals surface area contributed by atoms with Gasteiger partial charge < -0.3 is 24.0 Å². The van der Waals surface area contributed by atoms with E-state index in [1.165, 1.54) is 7.11 Å². The second-order valence-corrected chi connectivity index (χ2v) is 5.45. The highest BCUT2D eigenvalue weighted by Gasteiger charge is 2.27. The molecule has 24 heavy (non-hydrogen) atoms. The van der Waals surface area contributed by atoms with Crippen molar-refractivity contribution in [3.63, 3.8) is 0 Å². The molecule has 0 N–H and O–H groups in total. The first-order valence-electron chi connectivity index (χ1n) is 7.96. The van der Waals surface area contributed by atoms with E-state index in [4.69, 9.17) is 14.2 Å². The summed E-state index contributed by atoms with van der Waals surface area (Å²) in [5, 5.41) is 0. The molecule has 1 aromatic carbocycles. The number of benzene rings is 1. The van der Waals surface area contributed by atoms with Gasteiger partial charge in [-0.25, -0.2) is 4.79 Å². The summed E-state index contributed by atoms with van der Waals surface area (Å²) < 4.78 is 15.7. The van der Waals surface area contributed by atoms with Gasteiger partial charge in [-0.2, -0.15) is 0 Å². The summed E-state index contributed by atoms with van der Waals surface area (Å²) in [6.45, 7) is 5.82. The Morgan fingerprint density at radius 3 is 2.21 bits per heavy atom.